The Kier molecular flexibility index (Phi) is 6.16. The van der Waals surface area contributed by atoms with E-state index in [4.69, 9.17) is 16.3 Å². The number of nitrogens with zero attached hydrogens (tertiary/aromatic N) is 3. The fraction of sp³-hybridized carbons (Fsp3) is 0.471. The molecule has 0 saturated carbocycles. The highest BCUT2D eigenvalue weighted by Gasteiger charge is 2.24. The zero-order chi connectivity index (χ0) is 16.8. The summed E-state index contributed by atoms with van der Waals surface area (Å²) in [4.78, 5) is 17.2. The van der Waals surface area contributed by atoms with Gasteiger partial charge in [-0.3, -0.25) is 4.79 Å². The van der Waals surface area contributed by atoms with E-state index in [1.165, 1.54) is 11.8 Å². The zero-order valence-electron chi connectivity index (χ0n) is 13.8. The number of hydrogen-bond donors (Lipinski definition) is 0. The van der Waals surface area contributed by atoms with Gasteiger partial charge in [0.1, 0.15) is 0 Å². The lowest BCUT2D eigenvalue weighted by molar-refractivity contribution is 0.0804. The minimum absolute atomic E-state index is 0.0493. The molecule has 1 aromatic heterocycles. The summed E-state index contributed by atoms with van der Waals surface area (Å²) >= 11 is 6.05. The van der Waals surface area contributed by atoms with Crippen LogP contribution in [0.1, 0.15) is 44.3 Å². The van der Waals surface area contributed by atoms with Gasteiger partial charge in [0, 0.05) is 16.5 Å². The molecule has 0 radical (unpaired) electrons. The fourth-order valence-electron chi connectivity index (χ4n) is 2.47. The number of hydrogen-bond acceptors (Lipinski definition) is 4. The maximum atomic E-state index is 12.9. The first-order valence-electron chi connectivity index (χ1n) is 7.91. The summed E-state index contributed by atoms with van der Waals surface area (Å²) in [6.07, 6.45) is 3.70. The fourth-order valence-corrected chi connectivity index (χ4v) is 2.66. The molecule has 0 aliphatic heterocycles. The van der Waals surface area contributed by atoms with Crippen LogP contribution < -0.4 is 4.74 Å². The van der Waals surface area contributed by atoms with Crippen molar-refractivity contribution in [3.05, 3.63) is 29.3 Å². The lowest BCUT2D eigenvalue weighted by atomic mass is 9.98. The lowest BCUT2D eigenvalue weighted by Crippen LogP contribution is -2.23. The van der Waals surface area contributed by atoms with E-state index in [2.05, 4.69) is 17.0 Å². The van der Waals surface area contributed by atoms with E-state index in [1.54, 1.807) is 12.1 Å². The van der Waals surface area contributed by atoms with Crippen molar-refractivity contribution in [2.24, 2.45) is 5.92 Å². The predicted molar refractivity (Wildman–Crippen MR) is 91.0 cm³/mol. The smallest absolute Gasteiger partial charge is 0.336 e. The molecule has 0 aliphatic carbocycles. The molecule has 0 spiro atoms. The summed E-state index contributed by atoms with van der Waals surface area (Å²) in [6.45, 7) is 4.14. The summed E-state index contributed by atoms with van der Waals surface area (Å²) in [6, 6.07) is 7.40. The van der Waals surface area contributed by atoms with E-state index in [-0.39, 0.29) is 17.8 Å². The predicted octanol–water partition coefficient (Wildman–Crippen LogP) is 4.46. The first-order chi connectivity index (χ1) is 11.1. The summed E-state index contributed by atoms with van der Waals surface area (Å²) in [5, 5.41) is 4.79. The maximum absolute atomic E-state index is 12.9. The van der Waals surface area contributed by atoms with Gasteiger partial charge in [0.15, 0.2) is 5.82 Å². The Morgan fingerprint density at radius 3 is 2.78 bits per heavy atom. The van der Waals surface area contributed by atoms with Gasteiger partial charge in [-0.25, -0.2) is 0 Å². The van der Waals surface area contributed by atoms with Crippen LogP contribution in [-0.4, -0.2) is 27.8 Å². The number of ether oxygens (including phenoxy) is 1. The summed E-state index contributed by atoms with van der Waals surface area (Å²) < 4.78 is 6.46. The summed E-state index contributed by atoms with van der Waals surface area (Å²) in [7, 11) is 1.49. The van der Waals surface area contributed by atoms with Crippen LogP contribution >= 0.6 is 11.6 Å². The molecule has 124 valence electrons. The molecule has 1 heterocycles. The van der Waals surface area contributed by atoms with Crippen LogP contribution in [0.25, 0.3) is 11.4 Å². The second-order valence-corrected chi connectivity index (χ2v) is 5.87. The Hall–Kier alpha value is -1.88. The van der Waals surface area contributed by atoms with Crippen LogP contribution in [0.2, 0.25) is 5.02 Å². The first kappa shape index (κ1) is 17.5. The highest BCUT2D eigenvalue weighted by atomic mass is 35.5. The van der Waals surface area contributed by atoms with Crippen LogP contribution in [0, 0.1) is 5.92 Å². The monoisotopic (exact) mass is 335 g/mol. The Balaban J connectivity index is 2.41. The van der Waals surface area contributed by atoms with Crippen LogP contribution in [0.15, 0.2) is 24.3 Å². The van der Waals surface area contributed by atoms with Crippen molar-refractivity contribution in [1.29, 1.82) is 0 Å². The second kappa shape index (κ2) is 8.11. The molecule has 0 N–H and O–H groups in total. The van der Waals surface area contributed by atoms with Gasteiger partial charge in [0.2, 0.25) is 0 Å². The largest absolute Gasteiger partial charge is 0.466 e. The SMILES string of the molecule is CCCCC(CC)C(=O)n1nc(OC)nc1-c1cccc(Cl)c1. The van der Waals surface area contributed by atoms with Crippen molar-refractivity contribution in [1.82, 2.24) is 14.8 Å². The van der Waals surface area contributed by atoms with Crippen molar-refractivity contribution < 1.29 is 9.53 Å². The molecule has 0 aliphatic rings. The summed E-state index contributed by atoms with van der Waals surface area (Å²) in [5.41, 5.74) is 0.743. The van der Waals surface area contributed by atoms with Gasteiger partial charge in [-0.15, -0.1) is 5.10 Å². The molecule has 1 unspecified atom stereocenters. The van der Waals surface area contributed by atoms with E-state index in [0.717, 1.165) is 31.2 Å². The zero-order valence-corrected chi connectivity index (χ0v) is 14.5. The molecule has 5 nitrogen and oxygen atoms in total. The van der Waals surface area contributed by atoms with Crippen molar-refractivity contribution in [2.45, 2.75) is 39.5 Å². The maximum Gasteiger partial charge on any atom is 0.336 e. The molecule has 0 fully saturated rings. The third-order valence-electron chi connectivity index (χ3n) is 3.81. The molecular formula is C17H22ClN3O2. The number of unbranched alkanes of at least 4 members (excludes halogenated alkanes) is 1. The van der Waals surface area contributed by atoms with Gasteiger partial charge >= 0.3 is 6.01 Å². The number of aromatic nitrogens is 3. The second-order valence-electron chi connectivity index (χ2n) is 5.43. The Morgan fingerprint density at radius 2 is 2.17 bits per heavy atom. The van der Waals surface area contributed by atoms with E-state index in [9.17, 15) is 4.79 Å². The van der Waals surface area contributed by atoms with Crippen molar-refractivity contribution >= 4 is 17.5 Å². The van der Waals surface area contributed by atoms with Crippen molar-refractivity contribution in [3.8, 4) is 17.4 Å². The van der Waals surface area contributed by atoms with Crippen molar-refractivity contribution in [2.75, 3.05) is 7.11 Å². The van der Waals surface area contributed by atoms with Gasteiger partial charge in [0.05, 0.1) is 7.11 Å². The molecular weight excluding hydrogens is 314 g/mol. The number of carbonyl (C=O) groups is 1. The van der Waals surface area contributed by atoms with Crippen LogP contribution in [0.3, 0.4) is 0 Å². The molecule has 0 bridgehead atoms. The molecule has 23 heavy (non-hydrogen) atoms. The van der Waals surface area contributed by atoms with Gasteiger partial charge in [0.25, 0.3) is 5.91 Å². The number of carbonyl (C=O) groups excluding carboxylic acids is 1. The average Bonchev–Trinajstić information content (AvgIpc) is 2.99. The lowest BCUT2D eigenvalue weighted by Gasteiger charge is -2.14. The average molecular weight is 336 g/mol. The highest BCUT2D eigenvalue weighted by molar-refractivity contribution is 6.30. The number of rotatable bonds is 7. The van der Waals surface area contributed by atoms with E-state index < -0.39 is 0 Å². The molecule has 0 amide bonds. The standard InChI is InChI=1S/C17H22ClN3O2/c1-4-6-8-12(5-2)16(22)21-15(19-17(20-21)23-3)13-9-7-10-14(18)11-13/h7,9-12H,4-6,8H2,1-3H3. The molecule has 2 rings (SSSR count). The van der Waals surface area contributed by atoms with Gasteiger partial charge in [-0.1, -0.05) is 50.4 Å². The van der Waals surface area contributed by atoms with Crippen LogP contribution in [0.4, 0.5) is 0 Å². The van der Waals surface area contributed by atoms with E-state index >= 15 is 0 Å². The number of methoxy groups -OCH3 is 1. The molecule has 6 heteroatoms. The van der Waals surface area contributed by atoms with Gasteiger partial charge in [-0.2, -0.15) is 9.67 Å². The Bertz CT molecular complexity index is 670. The number of benzene rings is 1. The molecule has 1 atom stereocenters. The molecule has 0 saturated heterocycles. The van der Waals surface area contributed by atoms with E-state index in [1.807, 2.05) is 19.1 Å². The Labute approximate surface area is 141 Å². The minimum Gasteiger partial charge on any atom is -0.466 e. The normalized spacial score (nSPS) is 12.2. The van der Waals surface area contributed by atoms with Gasteiger partial charge in [-0.05, 0) is 25.0 Å². The van der Waals surface area contributed by atoms with Crippen molar-refractivity contribution in [3.63, 3.8) is 0 Å². The molecule has 1 aromatic carbocycles. The van der Waals surface area contributed by atoms with Gasteiger partial charge < -0.3 is 4.74 Å². The number of halogens is 1. The van der Waals surface area contributed by atoms with Crippen LogP contribution in [-0.2, 0) is 0 Å². The Morgan fingerprint density at radius 1 is 1.39 bits per heavy atom. The third-order valence-corrected chi connectivity index (χ3v) is 4.05. The first-order valence-corrected chi connectivity index (χ1v) is 8.29. The van der Waals surface area contributed by atoms with E-state index in [0.29, 0.717) is 10.8 Å². The quantitative estimate of drug-likeness (QED) is 0.749. The highest BCUT2D eigenvalue weighted by Crippen LogP contribution is 2.25. The molecule has 2 aromatic rings. The summed E-state index contributed by atoms with van der Waals surface area (Å²) in [5.74, 6) is 0.343. The topological polar surface area (TPSA) is 57.0 Å². The third kappa shape index (κ3) is 4.10. The van der Waals surface area contributed by atoms with Crippen LogP contribution in [0.5, 0.6) is 6.01 Å². The minimum atomic E-state index is -0.0701.